The summed E-state index contributed by atoms with van der Waals surface area (Å²) in [4.78, 5) is 4.94. The summed E-state index contributed by atoms with van der Waals surface area (Å²) in [5.74, 6) is 0.303. The molecule has 0 radical (unpaired) electrons. The van der Waals surface area contributed by atoms with Gasteiger partial charge in [0, 0.05) is 36.5 Å². The van der Waals surface area contributed by atoms with Crippen molar-refractivity contribution >= 4 is 64.1 Å². The zero-order valence-corrected chi connectivity index (χ0v) is 23.1. The molecule has 2 nitrogen and oxygen atoms in total. The number of rotatable bonds is 3. The molecule has 2 heterocycles. The zero-order chi connectivity index (χ0) is 32.0. The number of aromatic nitrogens is 2. The molecule has 0 aliphatic carbocycles. The molecule has 0 atom stereocenters. The highest BCUT2D eigenvalue weighted by Crippen LogP contribution is 2.45. The third-order valence-electron chi connectivity index (χ3n) is 8.08. The molecule has 0 spiro atoms. The van der Waals surface area contributed by atoms with Crippen LogP contribution in [0.3, 0.4) is 0 Å². The molecule has 0 saturated heterocycles. The smallest absolute Gasteiger partial charge is 0.145 e. The molecule has 2 aromatic heterocycles. The van der Waals surface area contributed by atoms with Crippen molar-refractivity contribution in [2.75, 3.05) is 0 Å². The van der Waals surface area contributed by atoms with Crippen LogP contribution in [0.4, 0.5) is 0 Å². The van der Waals surface area contributed by atoms with Crippen molar-refractivity contribution < 1.29 is 6.85 Å². The fraction of sp³-hybridized carbons (Fsp3) is 0. The van der Waals surface area contributed by atoms with Gasteiger partial charge in [0.1, 0.15) is 5.82 Å². The van der Waals surface area contributed by atoms with Gasteiger partial charge in [-0.1, -0.05) is 115 Å². The van der Waals surface area contributed by atoms with E-state index >= 15 is 0 Å². The van der Waals surface area contributed by atoms with Gasteiger partial charge in [-0.15, -0.1) is 11.3 Å². The zero-order valence-electron chi connectivity index (χ0n) is 27.3. The Hall–Kier alpha value is -5.25. The second kappa shape index (κ2) is 9.13. The van der Waals surface area contributed by atoms with Crippen LogP contribution in [0, 0.1) is 0 Å². The molecule has 3 heteroatoms. The highest BCUT2D eigenvalue weighted by Gasteiger charge is 2.21. The number of para-hydroxylation sites is 2. The minimum atomic E-state index is -0.429. The van der Waals surface area contributed by atoms with Gasteiger partial charge < -0.3 is 0 Å². The first kappa shape index (κ1) is 19.0. The average molecular weight is 558 g/mol. The van der Waals surface area contributed by atoms with Crippen molar-refractivity contribution in [3.05, 3.63) is 145 Å². The van der Waals surface area contributed by atoms with E-state index in [1.807, 2.05) is 53.1 Å². The molecular formula is C39H24N2S. The van der Waals surface area contributed by atoms with E-state index in [1.165, 1.54) is 20.2 Å². The van der Waals surface area contributed by atoms with Gasteiger partial charge in [-0.3, -0.25) is 4.57 Å². The number of nitrogens with zero attached hydrogens (tertiary/aromatic N) is 2. The van der Waals surface area contributed by atoms with Crippen molar-refractivity contribution in [2.24, 2.45) is 0 Å². The maximum atomic E-state index is 8.86. The summed E-state index contributed by atoms with van der Waals surface area (Å²) in [7, 11) is 0. The fourth-order valence-corrected chi connectivity index (χ4v) is 7.41. The van der Waals surface area contributed by atoms with Crippen LogP contribution in [0.2, 0.25) is 0 Å². The van der Waals surface area contributed by atoms with Crippen LogP contribution in [0.1, 0.15) is 6.85 Å². The van der Waals surface area contributed by atoms with E-state index < -0.39 is 6.04 Å². The quantitative estimate of drug-likeness (QED) is 0.198. The van der Waals surface area contributed by atoms with E-state index in [9.17, 15) is 0 Å². The summed E-state index contributed by atoms with van der Waals surface area (Å²) < 4.78 is 47.3. The summed E-state index contributed by atoms with van der Waals surface area (Å²) in [5.41, 5.74) is 4.59. The van der Waals surface area contributed by atoms with Gasteiger partial charge >= 0.3 is 0 Å². The van der Waals surface area contributed by atoms with Crippen molar-refractivity contribution in [1.82, 2.24) is 9.55 Å². The van der Waals surface area contributed by atoms with Crippen LogP contribution in [-0.2, 0) is 0 Å². The first-order chi connectivity index (χ1) is 22.9. The maximum Gasteiger partial charge on any atom is 0.145 e. The first-order valence-electron chi connectivity index (χ1n) is 16.3. The molecule has 9 aromatic rings. The lowest BCUT2D eigenvalue weighted by Crippen LogP contribution is -2.01. The van der Waals surface area contributed by atoms with Gasteiger partial charge in [-0.25, -0.2) is 4.98 Å². The number of thiophene rings is 1. The van der Waals surface area contributed by atoms with Crippen LogP contribution in [0.15, 0.2) is 145 Å². The lowest BCUT2D eigenvalue weighted by atomic mass is 9.90. The third-order valence-corrected chi connectivity index (χ3v) is 9.23. The summed E-state index contributed by atoms with van der Waals surface area (Å²) >= 11 is 1.80. The minimum absolute atomic E-state index is 0.0687. The van der Waals surface area contributed by atoms with Gasteiger partial charge in [0.2, 0.25) is 0 Å². The monoisotopic (exact) mass is 557 g/mol. The van der Waals surface area contributed by atoms with Crippen LogP contribution in [0.5, 0.6) is 0 Å². The molecule has 196 valence electrons. The van der Waals surface area contributed by atoms with Crippen molar-refractivity contribution in [3.63, 3.8) is 0 Å². The predicted molar refractivity (Wildman–Crippen MR) is 180 cm³/mol. The number of benzene rings is 7. The second-order valence-electron chi connectivity index (χ2n) is 10.4. The normalized spacial score (nSPS) is 13.5. The molecule has 0 saturated carbocycles. The molecule has 0 bridgehead atoms. The Labute approximate surface area is 253 Å². The van der Waals surface area contributed by atoms with E-state index in [4.69, 9.17) is 11.8 Å². The Morgan fingerprint density at radius 2 is 1.17 bits per heavy atom. The number of hydrogen-bond acceptors (Lipinski definition) is 2. The van der Waals surface area contributed by atoms with Crippen LogP contribution >= 0.6 is 11.3 Å². The van der Waals surface area contributed by atoms with E-state index in [0.717, 1.165) is 43.9 Å². The first-order valence-corrected chi connectivity index (χ1v) is 14.6. The van der Waals surface area contributed by atoms with E-state index in [-0.39, 0.29) is 29.7 Å². The van der Waals surface area contributed by atoms with Gasteiger partial charge in [-0.2, -0.15) is 0 Å². The minimum Gasteiger partial charge on any atom is -0.291 e. The third kappa shape index (κ3) is 3.41. The molecule has 0 aliphatic rings. The summed E-state index contributed by atoms with van der Waals surface area (Å²) in [6, 6.07) is 37.8. The molecule has 42 heavy (non-hydrogen) atoms. The summed E-state index contributed by atoms with van der Waals surface area (Å²) in [6.45, 7) is 0. The van der Waals surface area contributed by atoms with Gasteiger partial charge in [-0.05, 0) is 52.2 Å². The van der Waals surface area contributed by atoms with Crippen LogP contribution in [-0.4, -0.2) is 9.55 Å². The van der Waals surface area contributed by atoms with Crippen molar-refractivity contribution in [2.45, 2.75) is 0 Å². The molecule has 0 unspecified atom stereocenters. The van der Waals surface area contributed by atoms with Gasteiger partial charge in [0.25, 0.3) is 0 Å². The molecule has 9 rings (SSSR count). The molecule has 0 amide bonds. The SMILES string of the molecule is [2H]c1c([2H])c([2H])c(-c2nc3ccccc3n2-c2c3ccccc3c(-c3ccc4sc5ccccc5c4c3)c3ccccc23)c([2H])c1[2H]. The lowest BCUT2D eigenvalue weighted by molar-refractivity contribution is 1.13. The number of fused-ring (bicyclic) bond motifs is 6. The Kier molecular flexibility index (Phi) is 4.13. The standard InChI is InChI=1S/C39H24N2S/c1-2-12-25(13-3-1)39-40-33-19-9-10-20-34(33)41(39)38-30-17-6-4-15-28(30)37(29-16-5-7-18-31(29)38)26-22-23-36-32(24-26)27-14-8-11-21-35(27)42-36/h1-24H/i1D,2D,3D,12D,13D. The summed E-state index contributed by atoms with van der Waals surface area (Å²) in [5, 5.41) is 6.49. The highest BCUT2D eigenvalue weighted by atomic mass is 32.1. The van der Waals surface area contributed by atoms with Gasteiger partial charge in [0.05, 0.1) is 23.6 Å². The molecular weight excluding hydrogens is 529 g/mol. The Morgan fingerprint density at radius 3 is 1.93 bits per heavy atom. The fourth-order valence-electron chi connectivity index (χ4n) is 6.32. The van der Waals surface area contributed by atoms with E-state index in [2.05, 4.69) is 66.7 Å². The molecule has 0 N–H and O–H groups in total. The largest absolute Gasteiger partial charge is 0.291 e. The summed E-state index contributed by atoms with van der Waals surface area (Å²) in [6.07, 6.45) is 0. The second-order valence-corrected chi connectivity index (χ2v) is 11.5. The van der Waals surface area contributed by atoms with Crippen molar-refractivity contribution in [3.8, 4) is 28.2 Å². The highest BCUT2D eigenvalue weighted by molar-refractivity contribution is 7.25. The lowest BCUT2D eigenvalue weighted by Gasteiger charge is -2.20. The van der Waals surface area contributed by atoms with Crippen LogP contribution < -0.4 is 0 Å². The number of hydrogen-bond donors (Lipinski definition) is 0. The van der Waals surface area contributed by atoms with Crippen molar-refractivity contribution in [1.29, 1.82) is 0 Å². The van der Waals surface area contributed by atoms with Crippen LogP contribution in [0.25, 0.3) is 81.0 Å². The topological polar surface area (TPSA) is 17.8 Å². The maximum absolute atomic E-state index is 8.86. The predicted octanol–water partition coefficient (Wildman–Crippen LogP) is 11.0. The molecule has 0 aliphatic heterocycles. The number of imidazole rings is 1. The van der Waals surface area contributed by atoms with E-state index in [1.54, 1.807) is 11.3 Å². The Morgan fingerprint density at radius 1 is 0.548 bits per heavy atom. The average Bonchev–Trinajstić information content (AvgIpc) is 3.67. The van der Waals surface area contributed by atoms with Gasteiger partial charge in [0.15, 0.2) is 0 Å². The Bertz CT molecular complexity index is 2680. The Balaban J connectivity index is 1.43. The molecule has 7 aromatic carbocycles. The molecule has 0 fully saturated rings. The van der Waals surface area contributed by atoms with E-state index in [0.29, 0.717) is 11.3 Å².